The van der Waals surface area contributed by atoms with Crippen LogP contribution in [0.2, 0.25) is 0 Å². The molecule has 2 aromatic rings. The van der Waals surface area contributed by atoms with Crippen LogP contribution < -0.4 is 15.0 Å². The average Bonchev–Trinajstić information content (AvgIpc) is 3.20. The first-order chi connectivity index (χ1) is 13.7. The van der Waals surface area contributed by atoms with E-state index in [-0.39, 0.29) is 17.9 Å². The summed E-state index contributed by atoms with van der Waals surface area (Å²) in [6.07, 6.45) is 3.69. The topological polar surface area (TPSA) is 89.7 Å². The SMILES string of the molecule is COc1ccc(-c2noc(N3CCC(C(=O)NC4CC(OC)C4)CC3)n2)cc1. The highest BCUT2D eigenvalue weighted by Crippen LogP contribution is 2.27. The maximum atomic E-state index is 12.4. The number of carbonyl (C=O) groups excluding carboxylic acids is 1. The number of aromatic nitrogens is 2. The van der Waals surface area contributed by atoms with Crippen LogP contribution in [-0.2, 0) is 9.53 Å². The van der Waals surface area contributed by atoms with Gasteiger partial charge in [-0.1, -0.05) is 5.16 Å². The maximum Gasteiger partial charge on any atom is 0.324 e. The number of ether oxygens (including phenoxy) is 2. The van der Waals surface area contributed by atoms with Crippen LogP contribution in [0.1, 0.15) is 25.7 Å². The van der Waals surface area contributed by atoms with Gasteiger partial charge in [-0.25, -0.2) is 0 Å². The van der Waals surface area contributed by atoms with Crippen LogP contribution >= 0.6 is 0 Å². The molecule has 0 spiro atoms. The van der Waals surface area contributed by atoms with Crippen LogP contribution in [-0.4, -0.2) is 55.5 Å². The molecule has 2 fully saturated rings. The summed E-state index contributed by atoms with van der Waals surface area (Å²) in [5, 5.41) is 7.23. The van der Waals surface area contributed by atoms with Crippen molar-refractivity contribution in [3.63, 3.8) is 0 Å². The second-order valence-corrected chi connectivity index (χ2v) is 7.43. The van der Waals surface area contributed by atoms with E-state index in [0.29, 0.717) is 17.9 Å². The van der Waals surface area contributed by atoms with Crippen molar-refractivity contribution in [1.82, 2.24) is 15.5 Å². The van der Waals surface area contributed by atoms with Gasteiger partial charge in [0.2, 0.25) is 11.7 Å². The monoisotopic (exact) mass is 386 g/mol. The van der Waals surface area contributed by atoms with Gasteiger partial charge in [0, 0.05) is 37.7 Å². The van der Waals surface area contributed by atoms with Crippen molar-refractivity contribution in [3.8, 4) is 17.1 Å². The number of nitrogens with one attached hydrogen (secondary N) is 1. The molecule has 1 saturated carbocycles. The van der Waals surface area contributed by atoms with Gasteiger partial charge in [-0.15, -0.1) is 0 Å². The van der Waals surface area contributed by atoms with Crippen molar-refractivity contribution in [2.24, 2.45) is 5.92 Å². The lowest BCUT2D eigenvalue weighted by Gasteiger charge is -2.36. The van der Waals surface area contributed by atoms with E-state index < -0.39 is 0 Å². The van der Waals surface area contributed by atoms with E-state index >= 15 is 0 Å². The van der Waals surface area contributed by atoms with Gasteiger partial charge in [-0.05, 0) is 49.9 Å². The van der Waals surface area contributed by atoms with E-state index in [2.05, 4.69) is 15.5 Å². The lowest BCUT2D eigenvalue weighted by molar-refractivity contribution is -0.128. The van der Waals surface area contributed by atoms with Crippen LogP contribution in [0.3, 0.4) is 0 Å². The molecule has 1 aromatic heterocycles. The minimum Gasteiger partial charge on any atom is -0.497 e. The maximum absolute atomic E-state index is 12.4. The summed E-state index contributed by atoms with van der Waals surface area (Å²) in [7, 11) is 3.35. The lowest BCUT2D eigenvalue weighted by Crippen LogP contribution is -2.50. The number of rotatable bonds is 6. The Morgan fingerprint density at radius 3 is 2.54 bits per heavy atom. The second kappa shape index (κ2) is 8.18. The van der Waals surface area contributed by atoms with E-state index in [4.69, 9.17) is 14.0 Å². The number of hydrogen-bond donors (Lipinski definition) is 1. The smallest absolute Gasteiger partial charge is 0.324 e. The summed E-state index contributed by atoms with van der Waals surface area (Å²) < 4.78 is 15.9. The summed E-state index contributed by atoms with van der Waals surface area (Å²) in [4.78, 5) is 19.0. The van der Waals surface area contributed by atoms with Crippen LogP contribution in [0.25, 0.3) is 11.4 Å². The van der Waals surface area contributed by atoms with Gasteiger partial charge in [-0.3, -0.25) is 4.79 Å². The molecule has 4 rings (SSSR count). The number of carbonyl (C=O) groups is 1. The molecule has 8 nitrogen and oxygen atoms in total. The van der Waals surface area contributed by atoms with Gasteiger partial charge in [0.05, 0.1) is 13.2 Å². The quantitative estimate of drug-likeness (QED) is 0.814. The number of anilines is 1. The van der Waals surface area contributed by atoms with Gasteiger partial charge in [0.1, 0.15) is 5.75 Å². The van der Waals surface area contributed by atoms with E-state index in [1.165, 1.54) is 0 Å². The Morgan fingerprint density at radius 1 is 1.18 bits per heavy atom. The molecular weight excluding hydrogens is 360 g/mol. The molecule has 1 N–H and O–H groups in total. The molecule has 2 aliphatic rings. The predicted molar refractivity (Wildman–Crippen MR) is 103 cm³/mol. The van der Waals surface area contributed by atoms with E-state index in [0.717, 1.165) is 50.1 Å². The Labute approximate surface area is 164 Å². The fourth-order valence-corrected chi connectivity index (χ4v) is 3.73. The Morgan fingerprint density at radius 2 is 1.89 bits per heavy atom. The minimum absolute atomic E-state index is 0.0434. The zero-order valence-corrected chi connectivity index (χ0v) is 16.3. The molecular formula is C20H26N4O4. The summed E-state index contributed by atoms with van der Waals surface area (Å²) in [6, 6.07) is 8.31. The molecule has 1 aliphatic carbocycles. The highest BCUT2D eigenvalue weighted by Gasteiger charge is 2.33. The Balaban J connectivity index is 1.29. The molecule has 1 saturated heterocycles. The normalized spacial score (nSPS) is 22.6. The summed E-state index contributed by atoms with van der Waals surface area (Å²) in [5.41, 5.74) is 0.875. The number of methoxy groups -OCH3 is 2. The Bertz CT molecular complexity index is 793. The molecule has 0 bridgehead atoms. The number of hydrogen-bond acceptors (Lipinski definition) is 7. The number of nitrogens with zero attached hydrogens (tertiary/aromatic N) is 3. The van der Waals surface area contributed by atoms with Gasteiger partial charge in [-0.2, -0.15) is 4.98 Å². The number of amides is 1. The molecule has 1 aromatic carbocycles. The molecule has 2 heterocycles. The predicted octanol–water partition coefficient (Wildman–Crippen LogP) is 2.26. The third-order valence-corrected chi connectivity index (χ3v) is 5.67. The number of piperidine rings is 1. The molecule has 1 aliphatic heterocycles. The van der Waals surface area contributed by atoms with E-state index in [1.54, 1.807) is 14.2 Å². The van der Waals surface area contributed by atoms with Gasteiger partial charge in [0.15, 0.2) is 0 Å². The first-order valence-corrected chi connectivity index (χ1v) is 9.72. The van der Waals surface area contributed by atoms with Gasteiger partial charge < -0.3 is 24.2 Å². The van der Waals surface area contributed by atoms with Crippen molar-refractivity contribution >= 4 is 11.9 Å². The molecule has 0 atom stereocenters. The standard InChI is InChI=1S/C20H26N4O4/c1-26-16-5-3-13(4-6-16)18-22-20(28-23-18)24-9-7-14(8-10-24)19(25)21-15-11-17(12-15)27-2/h3-6,14-15,17H,7-12H2,1-2H3,(H,21,25). The lowest BCUT2D eigenvalue weighted by atomic mass is 9.88. The van der Waals surface area contributed by atoms with Crippen molar-refractivity contribution in [2.75, 3.05) is 32.2 Å². The first kappa shape index (κ1) is 18.7. The summed E-state index contributed by atoms with van der Waals surface area (Å²) in [6.45, 7) is 1.46. The van der Waals surface area contributed by atoms with Crippen molar-refractivity contribution < 1.29 is 18.8 Å². The Hall–Kier alpha value is -2.61. The zero-order valence-electron chi connectivity index (χ0n) is 16.3. The first-order valence-electron chi connectivity index (χ1n) is 9.72. The molecule has 150 valence electrons. The van der Waals surface area contributed by atoms with E-state index in [1.807, 2.05) is 29.2 Å². The molecule has 1 amide bonds. The van der Waals surface area contributed by atoms with Crippen molar-refractivity contribution in [2.45, 2.75) is 37.8 Å². The molecule has 8 heteroatoms. The Kier molecular flexibility index (Phi) is 5.47. The minimum atomic E-state index is 0.0434. The molecule has 0 unspecified atom stereocenters. The third-order valence-electron chi connectivity index (χ3n) is 5.67. The third kappa shape index (κ3) is 3.96. The summed E-state index contributed by atoms with van der Waals surface area (Å²) >= 11 is 0. The highest BCUT2D eigenvalue weighted by molar-refractivity contribution is 5.79. The number of benzene rings is 1. The summed E-state index contributed by atoms with van der Waals surface area (Å²) in [5.74, 6) is 1.54. The zero-order chi connectivity index (χ0) is 19.5. The van der Waals surface area contributed by atoms with Crippen LogP contribution in [0.4, 0.5) is 6.01 Å². The molecule has 28 heavy (non-hydrogen) atoms. The molecule has 0 radical (unpaired) electrons. The van der Waals surface area contributed by atoms with Crippen molar-refractivity contribution in [3.05, 3.63) is 24.3 Å². The van der Waals surface area contributed by atoms with E-state index in [9.17, 15) is 4.79 Å². The fraction of sp³-hybridized carbons (Fsp3) is 0.550. The highest BCUT2D eigenvalue weighted by atomic mass is 16.5. The fourth-order valence-electron chi connectivity index (χ4n) is 3.73. The average molecular weight is 386 g/mol. The van der Waals surface area contributed by atoms with Gasteiger partial charge >= 0.3 is 6.01 Å². The van der Waals surface area contributed by atoms with Gasteiger partial charge in [0.25, 0.3) is 0 Å². The van der Waals surface area contributed by atoms with Crippen LogP contribution in [0, 0.1) is 5.92 Å². The van der Waals surface area contributed by atoms with Crippen LogP contribution in [0.5, 0.6) is 5.75 Å². The van der Waals surface area contributed by atoms with Crippen molar-refractivity contribution in [1.29, 1.82) is 0 Å². The van der Waals surface area contributed by atoms with Crippen LogP contribution in [0.15, 0.2) is 28.8 Å². The largest absolute Gasteiger partial charge is 0.497 e. The second-order valence-electron chi connectivity index (χ2n) is 7.43.